The molecule has 1 fully saturated rings. The molecule has 1 aliphatic rings. The van der Waals surface area contributed by atoms with E-state index in [0.29, 0.717) is 0 Å². The largest absolute Gasteiger partial charge is 0.493 e. The van der Waals surface area contributed by atoms with E-state index in [2.05, 4.69) is 5.48 Å². The predicted octanol–water partition coefficient (Wildman–Crippen LogP) is 4.06. The standard InChI is InChI=1S/C22H22F4N2O4S/c1-30-18-9-14(8-16(19(18)31-2)22(24,25)26)21(33)28-11-15(23)10-17(28)20(29)27-32-12-13-6-4-3-5-7-13/h3-9,15,17H,10-12H2,1-2H3,(H,27,29)/t15-,17-/m1/s1. The summed E-state index contributed by atoms with van der Waals surface area (Å²) >= 11 is 5.36. The van der Waals surface area contributed by atoms with Crippen molar-refractivity contribution in [2.75, 3.05) is 20.8 Å². The van der Waals surface area contributed by atoms with Crippen LogP contribution in [0.25, 0.3) is 0 Å². The van der Waals surface area contributed by atoms with Crippen LogP contribution < -0.4 is 15.0 Å². The van der Waals surface area contributed by atoms with Crippen molar-refractivity contribution in [2.45, 2.75) is 31.4 Å². The second-order valence-electron chi connectivity index (χ2n) is 7.30. The topological polar surface area (TPSA) is 60.0 Å². The molecule has 2 aromatic carbocycles. The number of halogens is 4. The molecule has 33 heavy (non-hydrogen) atoms. The van der Waals surface area contributed by atoms with E-state index >= 15 is 0 Å². The Kier molecular flexibility index (Phi) is 7.75. The molecule has 1 N–H and O–H groups in total. The maximum Gasteiger partial charge on any atom is 0.420 e. The summed E-state index contributed by atoms with van der Waals surface area (Å²) in [6.45, 7) is -0.154. The molecule has 3 rings (SSSR count). The van der Waals surface area contributed by atoms with Gasteiger partial charge in [-0.05, 0) is 17.7 Å². The second kappa shape index (κ2) is 10.3. The molecule has 1 amide bonds. The van der Waals surface area contributed by atoms with E-state index in [1.54, 1.807) is 12.1 Å². The average Bonchev–Trinajstić information content (AvgIpc) is 3.19. The van der Waals surface area contributed by atoms with E-state index in [9.17, 15) is 22.4 Å². The zero-order valence-corrected chi connectivity index (χ0v) is 18.6. The van der Waals surface area contributed by atoms with Crippen molar-refractivity contribution < 1.29 is 36.7 Å². The minimum absolute atomic E-state index is 0.0490. The molecule has 1 saturated heterocycles. The number of benzene rings is 2. The maximum absolute atomic E-state index is 14.2. The smallest absolute Gasteiger partial charge is 0.420 e. The number of nitrogens with one attached hydrogen (secondary N) is 1. The molecule has 0 saturated carbocycles. The Hall–Kier alpha value is -2.92. The van der Waals surface area contributed by atoms with Gasteiger partial charge >= 0.3 is 6.18 Å². The Morgan fingerprint density at radius 2 is 1.88 bits per heavy atom. The van der Waals surface area contributed by atoms with Gasteiger partial charge in [-0.1, -0.05) is 42.5 Å². The number of carbonyl (C=O) groups excluding carboxylic acids is 1. The highest BCUT2D eigenvalue weighted by Gasteiger charge is 2.41. The van der Waals surface area contributed by atoms with Crippen LogP contribution in [0.2, 0.25) is 0 Å². The highest BCUT2D eigenvalue weighted by atomic mass is 32.1. The SMILES string of the molecule is COc1cc(C(=S)N2C[C@H](F)C[C@@H]2C(=O)NOCc2ccccc2)cc(C(F)(F)F)c1OC. The summed E-state index contributed by atoms with van der Waals surface area (Å²) in [6.07, 6.45) is -6.32. The summed E-state index contributed by atoms with van der Waals surface area (Å²) in [7, 11) is 2.29. The number of alkyl halides is 4. The summed E-state index contributed by atoms with van der Waals surface area (Å²) in [5.41, 5.74) is 1.94. The minimum atomic E-state index is -4.75. The van der Waals surface area contributed by atoms with Crippen LogP contribution in [0.15, 0.2) is 42.5 Å². The van der Waals surface area contributed by atoms with Crippen molar-refractivity contribution in [1.29, 1.82) is 0 Å². The number of carbonyl (C=O) groups is 1. The van der Waals surface area contributed by atoms with E-state index in [1.165, 1.54) is 18.1 Å². The van der Waals surface area contributed by atoms with Gasteiger partial charge in [0.2, 0.25) is 0 Å². The highest BCUT2D eigenvalue weighted by molar-refractivity contribution is 7.80. The molecule has 2 atom stereocenters. The first-order valence-electron chi connectivity index (χ1n) is 9.89. The van der Waals surface area contributed by atoms with E-state index in [4.69, 9.17) is 26.5 Å². The Labute approximate surface area is 193 Å². The number of hydroxylamine groups is 1. The molecule has 1 heterocycles. The van der Waals surface area contributed by atoms with Crippen LogP contribution in [0.1, 0.15) is 23.1 Å². The summed E-state index contributed by atoms with van der Waals surface area (Å²) in [4.78, 5) is 19.0. The number of hydrogen-bond acceptors (Lipinski definition) is 5. The molecule has 0 unspecified atom stereocenters. The summed E-state index contributed by atoms with van der Waals surface area (Å²) in [5.74, 6) is -1.33. The summed E-state index contributed by atoms with van der Waals surface area (Å²) in [5, 5.41) is 0. The number of amides is 1. The van der Waals surface area contributed by atoms with Gasteiger partial charge in [0.05, 0.1) is 27.4 Å². The van der Waals surface area contributed by atoms with Crippen molar-refractivity contribution in [3.8, 4) is 11.5 Å². The van der Waals surface area contributed by atoms with Crippen LogP contribution in [0, 0.1) is 0 Å². The van der Waals surface area contributed by atoms with Crippen LogP contribution in [0.4, 0.5) is 17.6 Å². The number of likely N-dealkylation sites (tertiary alicyclic amines) is 1. The predicted molar refractivity (Wildman–Crippen MR) is 116 cm³/mol. The van der Waals surface area contributed by atoms with Crippen molar-refractivity contribution in [3.05, 3.63) is 59.2 Å². The number of thiocarbonyl (C=S) groups is 1. The lowest BCUT2D eigenvalue weighted by molar-refractivity contribution is -0.139. The third-order valence-electron chi connectivity index (χ3n) is 5.10. The van der Waals surface area contributed by atoms with E-state index in [-0.39, 0.29) is 35.9 Å². The Bertz CT molecular complexity index is 1000. The van der Waals surface area contributed by atoms with Crippen LogP contribution in [0.5, 0.6) is 11.5 Å². The van der Waals surface area contributed by atoms with E-state index in [0.717, 1.165) is 18.7 Å². The van der Waals surface area contributed by atoms with Gasteiger partial charge in [0.25, 0.3) is 5.91 Å². The molecule has 178 valence electrons. The summed E-state index contributed by atoms with van der Waals surface area (Å²) in [6, 6.07) is 10.1. The van der Waals surface area contributed by atoms with Crippen LogP contribution in [-0.4, -0.2) is 48.8 Å². The lowest BCUT2D eigenvalue weighted by atomic mass is 10.1. The number of rotatable bonds is 7. The Morgan fingerprint density at radius 1 is 1.18 bits per heavy atom. The zero-order chi connectivity index (χ0) is 24.2. The van der Waals surface area contributed by atoms with Crippen LogP contribution >= 0.6 is 12.2 Å². The molecule has 0 radical (unpaired) electrons. The quantitative estimate of drug-likeness (QED) is 0.362. The fraction of sp³-hybridized carbons (Fsp3) is 0.364. The van der Waals surface area contributed by atoms with Gasteiger partial charge < -0.3 is 14.4 Å². The molecular formula is C22H22F4N2O4S. The van der Waals surface area contributed by atoms with Crippen molar-refractivity contribution in [3.63, 3.8) is 0 Å². The monoisotopic (exact) mass is 486 g/mol. The first kappa shape index (κ1) is 24.7. The van der Waals surface area contributed by atoms with Gasteiger partial charge in [-0.25, -0.2) is 9.87 Å². The van der Waals surface area contributed by atoms with Crippen molar-refractivity contribution >= 4 is 23.1 Å². The lowest BCUT2D eigenvalue weighted by Crippen LogP contribution is -2.45. The van der Waals surface area contributed by atoms with Gasteiger partial charge in [-0.2, -0.15) is 13.2 Å². The number of nitrogens with zero attached hydrogens (tertiary/aromatic N) is 1. The number of ether oxygens (including phenoxy) is 2. The molecule has 11 heteroatoms. The third-order valence-corrected chi connectivity index (χ3v) is 5.57. The average molecular weight is 486 g/mol. The second-order valence-corrected chi connectivity index (χ2v) is 7.69. The van der Waals surface area contributed by atoms with Gasteiger partial charge in [-0.3, -0.25) is 9.63 Å². The van der Waals surface area contributed by atoms with E-state index < -0.39 is 35.6 Å². The molecule has 0 bridgehead atoms. The fourth-order valence-corrected chi connectivity index (χ4v) is 3.87. The third kappa shape index (κ3) is 5.72. The van der Waals surface area contributed by atoms with Crippen LogP contribution in [0.3, 0.4) is 0 Å². The van der Waals surface area contributed by atoms with Gasteiger partial charge in [0.15, 0.2) is 11.5 Å². The van der Waals surface area contributed by atoms with Gasteiger partial charge in [-0.15, -0.1) is 0 Å². The maximum atomic E-state index is 14.2. The molecular weight excluding hydrogens is 464 g/mol. The molecule has 1 aliphatic heterocycles. The van der Waals surface area contributed by atoms with Gasteiger partial charge in [0.1, 0.15) is 22.8 Å². The highest BCUT2D eigenvalue weighted by Crippen LogP contribution is 2.43. The minimum Gasteiger partial charge on any atom is -0.493 e. The van der Waals surface area contributed by atoms with Crippen molar-refractivity contribution in [2.24, 2.45) is 0 Å². The zero-order valence-electron chi connectivity index (χ0n) is 17.8. The number of methoxy groups -OCH3 is 2. The Morgan fingerprint density at radius 3 is 2.48 bits per heavy atom. The number of hydrogen-bond donors (Lipinski definition) is 1. The first-order valence-corrected chi connectivity index (χ1v) is 10.3. The molecule has 0 aromatic heterocycles. The Balaban J connectivity index is 1.80. The molecule has 6 nitrogen and oxygen atoms in total. The lowest BCUT2D eigenvalue weighted by Gasteiger charge is -2.27. The van der Waals surface area contributed by atoms with Gasteiger partial charge in [0, 0.05) is 12.0 Å². The normalized spacial score (nSPS) is 18.2. The van der Waals surface area contributed by atoms with E-state index in [1.807, 2.05) is 18.2 Å². The van der Waals surface area contributed by atoms with Crippen molar-refractivity contribution in [1.82, 2.24) is 10.4 Å². The van der Waals surface area contributed by atoms with Crippen LogP contribution in [-0.2, 0) is 22.4 Å². The fourth-order valence-electron chi connectivity index (χ4n) is 3.55. The molecule has 2 aromatic rings. The molecule has 0 aliphatic carbocycles. The summed E-state index contributed by atoms with van der Waals surface area (Å²) < 4.78 is 64.9. The first-order chi connectivity index (χ1) is 15.7. The molecule has 0 spiro atoms.